The maximum Gasteiger partial charge on any atom is 0.344 e. The number of amides is 2. The van der Waals surface area contributed by atoms with Crippen LogP contribution in [0.3, 0.4) is 0 Å². The number of aromatic nitrogens is 1. The normalized spacial score (nSPS) is 11.8. The van der Waals surface area contributed by atoms with Crippen LogP contribution < -0.4 is 20.1 Å². The Balaban J connectivity index is 1.19. The predicted molar refractivity (Wildman–Crippen MR) is 142 cm³/mol. The first-order valence-corrected chi connectivity index (χ1v) is 12.7. The average molecular weight is 530 g/mol. The number of nitrogens with one attached hydrogen (secondary N) is 2. The summed E-state index contributed by atoms with van der Waals surface area (Å²) in [5.41, 5.74) is 2.13. The van der Waals surface area contributed by atoms with E-state index in [1.54, 1.807) is 67.7 Å². The van der Waals surface area contributed by atoms with E-state index in [1.165, 1.54) is 11.3 Å². The lowest BCUT2D eigenvalue weighted by Crippen LogP contribution is -2.22. The standard InChI is InChI=1S/C28H23N3O6S/c1-2-35-25(32)16-36-19-10-7-17(8-11-19)28-30-15-20(38-28)14-29-26(33)18-9-12-24-22(13-18)31-27(34)21-5-3-4-6-23(21)37-24/h3-13,15H,2,14,16H2,1H3,(H,29,33)(H,31,34). The van der Waals surface area contributed by atoms with E-state index in [0.717, 1.165) is 15.4 Å². The van der Waals surface area contributed by atoms with E-state index < -0.39 is 5.97 Å². The Morgan fingerprint density at radius 3 is 2.68 bits per heavy atom. The highest BCUT2D eigenvalue weighted by Crippen LogP contribution is 2.36. The predicted octanol–water partition coefficient (Wildman–Crippen LogP) is 5.04. The SMILES string of the molecule is CCOC(=O)COc1ccc(-c2ncc(CNC(=O)c3ccc4c(c3)NC(=O)c3ccccc3O4)s2)cc1. The molecule has 0 aliphatic carbocycles. The summed E-state index contributed by atoms with van der Waals surface area (Å²) in [4.78, 5) is 42.1. The van der Waals surface area contributed by atoms with Crippen LogP contribution in [0.2, 0.25) is 0 Å². The van der Waals surface area contributed by atoms with Gasteiger partial charge in [-0.25, -0.2) is 9.78 Å². The molecule has 2 heterocycles. The third-order valence-corrected chi connectivity index (χ3v) is 6.63. The van der Waals surface area contributed by atoms with Gasteiger partial charge in [0.25, 0.3) is 11.8 Å². The van der Waals surface area contributed by atoms with E-state index in [2.05, 4.69) is 15.6 Å². The second kappa shape index (κ2) is 11.1. The molecule has 0 saturated heterocycles. The number of hydrogen-bond acceptors (Lipinski definition) is 8. The summed E-state index contributed by atoms with van der Waals surface area (Å²) >= 11 is 1.45. The lowest BCUT2D eigenvalue weighted by atomic mass is 10.1. The number of para-hydroxylation sites is 1. The van der Waals surface area contributed by atoms with E-state index >= 15 is 0 Å². The molecule has 0 unspecified atom stereocenters. The molecule has 0 saturated carbocycles. The summed E-state index contributed by atoms with van der Waals surface area (Å²) < 4.78 is 16.1. The van der Waals surface area contributed by atoms with Crippen molar-refractivity contribution in [2.24, 2.45) is 0 Å². The third-order valence-electron chi connectivity index (χ3n) is 5.58. The van der Waals surface area contributed by atoms with Crippen LogP contribution in [0.4, 0.5) is 5.69 Å². The fraction of sp³-hybridized carbons (Fsp3) is 0.143. The molecule has 2 amide bonds. The van der Waals surface area contributed by atoms with Crippen LogP contribution in [0.5, 0.6) is 17.2 Å². The Morgan fingerprint density at radius 1 is 1.05 bits per heavy atom. The Morgan fingerprint density at radius 2 is 1.87 bits per heavy atom. The highest BCUT2D eigenvalue weighted by Gasteiger charge is 2.21. The van der Waals surface area contributed by atoms with Crippen molar-refractivity contribution in [1.82, 2.24) is 10.3 Å². The molecule has 2 N–H and O–H groups in total. The molecule has 0 bridgehead atoms. The van der Waals surface area contributed by atoms with Gasteiger partial charge in [0.15, 0.2) is 12.4 Å². The number of carbonyl (C=O) groups excluding carboxylic acids is 3. The van der Waals surface area contributed by atoms with Gasteiger partial charge in [0.05, 0.1) is 24.4 Å². The van der Waals surface area contributed by atoms with Crippen LogP contribution in [0.15, 0.2) is 72.9 Å². The summed E-state index contributed by atoms with van der Waals surface area (Å²) in [5.74, 6) is 0.467. The summed E-state index contributed by atoms with van der Waals surface area (Å²) in [6.45, 7) is 2.20. The monoisotopic (exact) mass is 529 g/mol. The van der Waals surface area contributed by atoms with Gasteiger partial charge < -0.3 is 24.8 Å². The number of benzene rings is 3. The molecular weight excluding hydrogens is 506 g/mol. The molecule has 0 atom stereocenters. The van der Waals surface area contributed by atoms with Gasteiger partial charge in [-0.05, 0) is 61.5 Å². The fourth-order valence-electron chi connectivity index (χ4n) is 3.74. The van der Waals surface area contributed by atoms with E-state index in [-0.39, 0.29) is 18.4 Å². The largest absolute Gasteiger partial charge is 0.482 e. The second-order valence-electron chi connectivity index (χ2n) is 8.20. The Kier molecular flexibility index (Phi) is 7.32. The molecule has 5 rings (SSSR count). The van der Waals surface area contributed by atoms with Gasteiger partial charge >= 0.3 is 5.97 Å². The van der Waals surface area contributed by atoms with E-state index in [4.69, 9.17) is 14.2 Å². The van der Waals surface area contributed by atoms with Crippen LogP contribution in [0.25, 0.3) is 10.6 Å². The molecule has 38 heavy (non-hydrogen) atoms. The smallest absolute Gasteiger partial charge is 0.344 e. The summed E-state index contributed by atoms with van der Waals surface area (Å²) in [6, 6.07) is 19.1. The number of rotatable bonds is 8. The van der Waals surface area contributed by atoms with Crippen molar-refractivity contribution in [2.45, 2.75) is 13.5 Å². The molecular formula is C28H23N3O6S. The summed E-state index contributed by atoms with van der Waals surface area (Å²) in [7, 11) is 0. The number of ether oxygens (including phenoxy) is 3. The lowest BCUT2D eigenvalue weighted by Gasteiger charge is -2.10. The van der Waals surface area contributed by atoms with Gasteiger partial charge in [0, 0.05) is 22.2 Å². The van der Waals surface area contributed by atoms with Gasteiger partial charge in [-0.15, -0.1) is 11.3 Å². The number of nitrogens with zero attached hydrogens (tertiary/aromatic N) is 1. The second-order valence-corrected chi connectivity index (χ2v) is 9.31. The molecule has 192 valence electrons. The number of hydrogen-bond donors (Lipinski definition) is 2. The zero-order chi connectivity index (χ0) is 26.5. The van der Waals surface area contributed by atoms with Crippen LogP contribution >= 0.6 is 11.3 Å². The number of thiazole rings is 1. The molecule has 0 radical (unpaired) electrons. The van der Waals surface area contributed by atoms with Gasteiger partial charge in [0.2, 0.25) is 0 Å². The molecule has 0 fully saturated rings. The van der Waals surface area contributed by atoms with Crippen molar-refractivity contribution >= 4 is 34.8 Å². The number of fused-ring (bicyclic) bond motifs is 2. The number of anilines is 1. The molecule has 1 aliphatic heterocycles. The highest BCUT2D eigenvalue weighted by molar-refractivity contribution is 7.15. The van der Waals surface area contributed by atoms with Crippen molar-refractivity contribution in [3.05, 3.63) is 88.9 Å². The van der Waals surface area contributed by atoms with Gasteiger partial charge in [0.1, 0.15) is 16.5 Å². The third kappa shape index (κ3) is 5.65. The van der Waals surface area contributed by atoms with E-state index in [1.807, 2.05) is 12.1 Å². The molecule has 9 nitrogen and oxygen atoms in total. The molecule has 1 aliphatic rings. The van der Waals surface area contributed by atoms with Crippen molar-refractivity contribution in [2.75, 3.05) is 18.5 Å². The fourth-order valence-corrected chi connectivity index (χ4v) is 4.60. The minimum Gasteiger partial charge on any atom is -0.482 e. The Bertz CT molecular complexity index is 1500. The van der Waals surface area contributed by atoms with Crippen LogP contribution in [0.1, 0.15) is 32.5 Å². The molecule has 1 aromatic heterocycles. The van der Waals surface area contributed by atoms with Crippen molar-refractivity contribution in [3.63, 3.8) is 0 Å². The lowest BCUT2D eigenvalue weighted by molar-refractivity contribution is -0.145. The van der Waals surface area contributed by atoms with Crippen molar-refractivity contribution < 1.29 is 28.6 Å². The van der Waals surface area contributed by atoms with E-state index in [0.29, 0.717) is 47.2 Å². The van der Waals surface area contributed by atoms with Crippen LogP contribution in [-0.2, 0) is 16.1 Å². The van der Waals surface area contributed by atoms with Gasteiger partial charge in [-0.3, -0.25) is 9.59 Å². The molecule has 0 spiro atoms. The molecule has 3 aromatic carbocycles. The zero-order valence-electron chi connectivity index (χ0n) is 20.4. The quantitative estimate of drug-likeness (QED) is 0.307. The molecule has 4 aromatic rings. The first-order valence-electron chi connectivity index (χ1n) is 11.8. The first-order chi connectivity index (χ1) is 18.5. The van der Waals surface area contributed by atoms with Crippen LogP contribution in [0, 0.1) is 0 Å². The maximum absolute atomic E-state index is 12.8. The van der Waals surface area contributed by atoms with Crippen molar-refractivity contribution in [3.8, 4) is 27.8 Å². The summed E-state index contributed by atoms with van der Waals surface area (Å²) in [5, 5.41) is 6.49. The van der Waals surface area contributed by atoms with Gasteiger partial charge in [-0.1, -0.05) is 12.1 Å². The molecule has 10 heteroatoms. The minimum absolute atomic E-state index is 0.147. The first kappa shape index (κ1) is 25.0. The number of esters is 1. The summed E-state index contributed by atoms with van der Waals surface area (Å²) in [6.07, 6.45) is 1.72. The van der Waals surface area contributed by atoms with Crippen molar-refractivity contribution in [1.29, 1.82) is 0 Å². The van der Waals surface area contributed by atoms with E-state index in [9.17, 15) is 14.4 Å². The Hall–Kier alpha value is -4.70. The Labute approximate surface area is 222 Å². The minimum atomic E-state index is -0.419. The topological polar surface area (TPSA) is 116 Å². The number of carbonyl (C=O) groups is 3. The van der Waals surface area contributed by atoms with Crippen LogP contribution in [-0.4, -0.2) is 36.0 Å². The zero-order valence-corrected chi connectivity index (χ0v) is 21.2. The van der Waals surface area contributed by atoms with Gasteiger partial charge in [-0.2, -0.15) is 0 Å². The highest BCUT2D eigenvalue weighted by atomic mass is 32.1. The average Bonchev–Trinajstić information content (AvgIpc) is 3.36. The maximum atomic E-state index is 12.8.